The molecule has 4 rings (SSSR count). The molecule has 0 radical (unpaired) electrons. The molecule has 6 heteroatoms. The van der Waals surface area contributed by atoms with E-state index in [1.165, 1.54) is 5.56 Å². The second-order valence-corrected chi connectivity index (χ2v) is 6.83. The van der Waals surface area contributed by atoms with Crippen LogP contribution in [0.5, 0.6) is 5.75 Å². The van der Waals surface area contributed by atoms with E-state index in [4.69, 9.17) is 4.74 Å². The number of rotatable bonds is 6. The van der Waals surface area contributed by atoms with Gasteiger partial charge in [-0.3, -0.25) is 9.89 Å². The van der Waals surface area contributed by atoms with Crippen molar-refractivity contribution >= 4 is 22.9 Å². The van der Waals surface area contributed by atoms with Gasteiger partial charge in [-0.05, 0) is 40.5 Å². The Hall–Kier alpha value is -3.93. The van der Waals surface area contributed by atoms with Gasteiger partial charge in [-0.2, -0.15) is 10.2 Å². The number of H-pyrrole nitrogens is 1. The molecular formula is C24H22N4O2. The highest BCUT2D eigenvalue weighted by Crippen LogP contribution is 2.36. The molecule has 1 heterocycles. The van der Waals surface area contributed by atoms with Crippen molar-refractivity contribution in [1.82, 2.24) is 15.6 Å². The third-order valence-electron chi connectivity index (χ3n) is 4.96. The lowest BCUT2D eigenvalue weighted by Crippen LogP contribution is -2.18. The maximum absolute atomic E-state index is 12.5. The van der Waals surface area contributed by atoms with Crippen LogP contribution < -0.4 is 10.2 Å². The minimum Gasteiger partial charge on any atom is -0.496 e. The summed E-state index contributed by atoms with van der Waals surface area (Å²) in [6, 6.07) is 21.6. The average Bonchev–Trinajstić information content (AvgIpc) is 3.28. The predicted octanol–water partition coefficient (Wildman–Crippen LogP) is 4.56. The van der Waals surface area contributed by atoms with E-state index in [0.29, 0.717) is 17.1 Å². The summed E-state index contributed by atoms with van der Waals surface area (Å²) in [7, 11) is 1.62. The van der Waals surface area contributed by atoms with Crippen LogP contribution in [0.4, 0.5) is 0 Å². The first-order chi connectivity index (χ1) is 14.7. The summed E-state index contributed by atoms with van der Waals surface area (Å²) < 4.78 is 5.53. The molecule has 0 aliphatic rings. The van der Waals surface area contributed by atoms with Crippen LogP contribution in [0.2, 0.25) is 0 Å². The van der Waals surface area contributed by atoms with Crippen molar-refractivity contribution in [1.29, 1.82) is 0 Å². The van der Waals surface area contributed by atoms with Gasteiger partial charge in [0.05, 0.1) is 24.6 Å². The van der Waals surface area contributed by atoms with Crippen molar-refractivity contribution in [2.75, 3.05) is 7.11 Å². The number of benzene rings is 3. The number of amides is 1. The highest BCUT2D eigenvalue weighted by molar-refractivity contribution is 6.00. The number of aromatic nitrogens is 2. The van der Waals surface area contributed by atoms with Crippen LogP contribution in [0, 0.1) is 0 Å². The van der Waals surface area contributed by atoms with Crippen molar-refractivity contribution in [2.45, 2.75) is 13.3 Å². The van der Waals surface area contributed by atoms with Gasteiger partial charge in [-0.25, -0.2) is 5.43 Å². The largest absolute Gasteiger partial charge is 0.496 e. The molecular weight excluding hydrogens is 376 g/mol. The predicted molar refractivity (Wildman–Crippen MR) is 119 cm³/mol. The van der Waals surface area contributed by atoms with Crippen LogP contribution in [0.15, 0.2) is 71.8 Å². The number of methoxy groups -OCH3 is 1. The van der Waals surface area contributed by atoms with Crippen molar-refractivity contribution in [3.63, 3.8) is 0 Å². The van der Waals surface area contributed by atoms with Gasteiger partial charge in [0.25, 0.3) is 5.91 Å². The smallest absolute Gasteiger partial charge is 0.289 e. The Morgan fingerprint density at radius 2 is 1.93 bits per heavy atom. The first kappa shape index (κ1) is 19.4. The number of carbonyl (C=O) groups excluding carboxylic acids is 1. The van der Waals surface area contributed by atoms with Crippen molar-refractivity contribution in [3.8, 4) is 17.0 Å². The number of fused-ring (bicyclic) bond motifs is 1. The first-order valence-corrected chi connectivity index (χ1v) is 9.73. The van der Waals surface area contributed by atoms with E-state index in [2.05, 4.69) is 27.6 Å². The number of carbonyl (C=O) groups is 1. The monoisotopic (exact) mass is 398 g/mol. The zero-order valence-corrected chi connectivity index (χ0v) is 16.8. The average molecular weight is 398 g/mol. The molecule has 0 spiro atoms. The van der Waals surface area contributed by atoms with Gasteiger partial charge >= 0.3 is 0 Å². The molecule has 150 valence electrons. The molecule has 0 saturated carbocycles. The van der Waals surface area contributed by atoms with Crippen LogP contribution in [-0.2, 0) is 6.42 Å². The van der Waals surface area contributed by atoms with Gasteiger partial charge in [-0.15, -0.1) is 0 Å². The van der Waals surface area contributed by atoms with Crippen molar-refractivity contribution in [3.05, 3.63) is 83.6 Å². The zero-order chi connectivity index (χ0) is 20.9. The van der Waals surface area contributed by atoms with Gasteiger partial charge in [0.15, 0.2) is 0 Å². The van der Waals surface area contributed by atoms with Gasteiger partial charge in [0.2, 0.25) is 0 Å². The lowest BCUT2D eigenvalue weighted by atomic mass is 10.0. The van der Waals surface area contributed by atoms with Crippen LogP contribution in [0.1, 0.15) is 28.5 Å². The number of hydrazone groups is 1. The summed E-state index contributed by atoms with van der Waals surface area (Å²) in [4.78, 5) is 12.5. The number of nitrogens with zero attached hydrogens (tertiary/aromatic N) is 2. The fourth-order valence-corrected chi connectivity index (χ4v) is 3.32. The summed E-state index contributed by atoms with van der Waals surface area (Å²) in [5.74, 6) is 0.329. The highest BCUT2D eigenvalue weighted by atomic mass is 16.5. The Balaban J connectivity index is 1.55. The Bertz CT molecular complexity index is 1210. The topological polar surface area (TPSA) is 79.4 Å². The summed E-state index contributed by atoms with van der Waals surface area (Å²) in [5, 5.41) is 13.2. The molecule has 1 aromatic heterocycles. The molecule has 3 aromatic carbocycles. The fraction of sp³-hybridized carbons (Fsp3) is 0.125. The third kappa shape index (κ3) is 3.93. The fourth-order valence-electron chi connectivity index (χ4n) is 3.32. The summed E-state index contributed by atoms with van der Waals surface area (Å²) in [5.41, 5.74) is 6.49. The Morgan fingerprint density at radius 1 is 1.13 bits per heavy atom. The number of hydrogen-bond acceptors (Lipinski definition) is 4. The molecule has 0 unspecified atom stereocenters. The molecule has 0 bridgehead atoms. The van der Waals surface area contributed by atoms with Crippen molar-refractivity contribution < 1.29 is 9.53 Å². The van der Waals surface area contributed by atoms with Crippen LogP contribution in [-0.4, -0.2) is 29.4 Å². The van der Waals surface area contributed by atoms with Crippen LogP contribution in [0.3, 0.4) is 0 Å². The zero-order valence-electron chi connectivity index (χ0n) is 16.8. The summed E-state index contributed by atoms with van der Waals surface area (Å²) >= 11 is 0. The quantitative estimate of drug-likeness (QED) is 0.369. The molecule has 0 fully saturated rings. The minimum atomic E-state index is -0.366. The maximum Gasteiger partial charge on any atom is 0.289 e. The van der Waals surface area contributed by atoms with Crippen LogP contribution >= 0.6 is 0 Å². The summed E-state index contributed by atoms with van der Waals surface area (Å²) in [6.07, 6.45) is 2.60. The second-order valence-electron chi connectivity index (χ2n) is 6.83. The Kier molecular flexibility index (Phi) is 5.57. The van der Waals surface area contributed by atoms with E-state index < -0.39 is 0 Å². The standard InChI is InChI=1S/C24H22N4O2/c1-3-16-8-10-17(11-9-16)15-25-28-24(29)21-14-20(26-27-21)23-19-7-5-4-6-18(19)12-13-22(23)30-2/h4-15H,3H2,1-2H3,(H,26,27)(H,28,29)/b25-15-. The van der Waals surface area contributed by atoms with Gasteiger partial charge < -0.3 is 4.74 Å². The normalized spacial score (nSPS) is 11.1. The molecule has 6 nitrogen and oxygen atoms in total. The second kappa shape index (κ2) is 8.61. The lowest BCUT2D eigenvalue weighted by Gasteiger charge is -2.09. The van der Waals surface area contributed by atoms with Crippen molar-refractivity contribution in [2.24, 2.45) is 5.10 Å². The number of aryl methyl sites for hydroxylation is 1. The highest BCUT2D eigenvalue weighted by Gasteiger charge is 2.16. The lowest BCUT2D eigenvalue weighted by molar-refractivity contribution is 0.0950. The van der Waals surface area contributed by atoms with E-state index in [1.54, 1.807) is 19.4 Å². The molecule has 0 aliphatic heterocycles. The third-order valence-corrected chi connectivity index (χ3v) is 4.96. The first-order valence-electron chi connectivity index (χ1n) is 9.73. The SMILES string of the molecule is CCc1ccc(/C=N\NC(=O)c2cc(-c3c(OC)ccc4ccccc34)n[nH]2)cc1. The number of hydrogen-bond donors (Lipinski definition) is 2. The van der Waals surface area contributed by atoms with E-state index in [9.17, 15) is 4.79 Å². The van der Waals surface area contributed by atoms with E-state index >= 15 is 0 Å². The molecule has 0 aliphatic carbocycles. The Morgan fingerprint density at radius 3 is 2.70 bits per heavy atom. The van der Waals surface area contributed by atoms with Gasteiger partial charge in [0.1, 0.15) is 11.4 Å². The minimum absolute atomic E-state index is 0.318. The number of aromatic amines is 1. The molecule has 0 saturated heterocycles. The molecule has 30 heavy (non-hydrogen) atoms. The molecule has 4 aromatic rings. The van der Waals surface area contributed by atoms with E-state index in [1.807, 2.05) is 60.7 Å². The van der Waals surface area contributed by atoms with Gasteiger partial charge in [0, 0.05) is 0 Å². The maximum atomic E-state index is 12.5. The molecule has 2 N–H and O–H groups in total. The molecule has 0 atom stereocenters. The van der Waals surface area contributed by atoms with E-state index in [-0.39, 0.29) is 5.91 Å². The molecule has 1 amide bonds. The summed E-state index contributed by atoms with van der Waals surface area (Å²) in [6.45, 7) is 2.11. The van der Waals surface area contributed by atoms with Crippen LogP contribution in [0.25, 0.3) is 22.0 Å². The Labute approximate surface area is 174 Å². The van der Waals surface area contributed by atoms with E-state index in [0.717, 1.165) is 28.3 Å². The number of ether oxygens (including phenoxy) is 1. The van der Waals surface area contributed by atoms with Gasteiger partial charge in [-0.1, -0.05) is 61.5 Å². The number of nitrogens with one attached hydrogen (secondary N) is 2.